The van der Waals surface area contributed by atoms with Crippen molar-refractivity contribution >= 4 is 32.8 Å². The van der Waals surface area contributed by atoms with Crippen molar-refractivity contribution in [2.45, 2.75) is 44.3 Å². The number of hydrogen-bond donors (Lipinski definition) is 2. The molecule has 1 fully saturated rings. The van der Waals surface area contributed by atoms with Crippen molar-refractivity contribution < 1.29 is 13.5 Å². The number of pyridine rings is 1. The number of H-pyrrole nitrogens is 1. The summed E-state index contributed by atoms with van der Waals surface area (Å²) in [5, 5.41) is 5.56. The summed E-state index contributed by atoms with van der Waals surface area (Å²) >= 11 is 0. The lowest BCUT2D eigenvalue weighted by Gasteiger charge is -2.31. The Bertz CT molecular complexity index is 1710. The van der Waals surface area contributed by atoms with Gasteiger partial charge < -0.3 is 24.0 Å². The predicted molar refractivity (Wildman–Crippen MR) is 137 cm³/mol. The standard InChI is InChI=1S/C28H26FN3O4/c1-35-21-9-2-16-3-11-26(33)32(24(16)14-21)20-7-5-18(6-8-20)30-15-19-13-23-27(31-19)22-12-17(29)4-10-25(22)36-28(23)34/h2-4,9-14,18,20,30-31H,5-8,15H2,1H3. The molecule has 1 aliphatic rings. The van der Waals surface area contributed by atoms with E-state index in [1.54, 1.807) is 19.2 Å². The highest BCUT2D eigenvalue weighted by molar-refractivity contribution is 6.02. The van der Waals surface area contributed by atoms with E-state index in [4.69, 9.17) is 9.15 Å². The van der Waals surface area contributed by atoms with Crippen LogP contribution in [0.2, 0.25) is 0 Å². The van der Waals surface area contributed by atoms with Crippen molar-refractivity contribution in [3.05, 3.63) is 86.9 Å². The van der Waals surface area contributed by atoms with Crippen molar-refractivity contribution in [2.75, 3.05) is 7.11 Å². The Morgan fingerprint density at radius 3 is 2.64 bits per heavy atom. The van der Waals surface area contributed by atoms with Crippen LogP contribution in [0.3, 0.4) is 0 Å². The van der Waals surface area contributed by atoms with Crippen molar-refractivity contribution in [1.82, 2.24) is 14.9 Å². The molecule has 0 bridgehead atoms. The minimum absolute atomic E-state index is 0.00716. The van der Waals surface area contributed by atoms with Gasteiger partial charge in [0, 0.05) is 41.8 Å². The molecule has 1 saturated carbocycles. The van der Waals surface area contributed by atoms with Gasteiger partial charge in [-0.2, -0.15) is 0 Å². The van der Waals surface area contributed by atoms with E-state index < -0.39 is 5.63 Å². The van der Waals surface area contributed by atoms with Gasteiger partial charge in [-0.3, -0.25) is 4.79 Å². The summed E-state index contributed by atoms with van der Waals surface area (Å²) in [6.07, 6.45) is 3.62. The number of benzene rings is 2. The van der Waals surface area contributed by atoms with Gasteiger partial charge in [-0.15, -0.1) is 0 Å². The number of rotatable bonds is 5. The van der Waals surface area contributed by atoms with E-state index >= 15 is 0 Å². The van der Waals surface area contributed by atoms with Gasteiger partial charge in [0.05, 0.1) is 23.5 Å². The van der Waals surface area contributed by atoms with Crippen LogP contribution in [0.1, 0.15) is 37.4 Å². The molecule has 0 aliphatic heterocycles. The fourth-order valence-corrected chi connectivity index (χ4v) is 5.45. The lowest BCUT2D eigenvalue weighted by Crippen LogP contribution is -2.35. The Balaban J connectivity index is 1.18. The predicted octanol–water partition coefficient (Wildman–Crippen LogP) is 5.01. The third kappa shape index (κ3) is 3.97. The normalized spacial score (nSPS) is 18.3. The highest BCUT2D eigenvalue weighted by Crippen LogP contribution is 2.31. The summed E-state index contributed by atoms with van der Waals surface area (Å²) in [6, 6.07) is 15.6. The summed E-state index contributed by atoms with van der Waals surface area (Å²) in [6.45, 7) is 0.547. The molecular weight excluding hydrogens is 461 g/mol. The van der Waals surface area contributed by atoms with Crippen LogP contribution < -0.4 is 21.2 Å². The van der Waals surface area contributed by atoms with Crippen LogP contribution in [-0.2, 0) is 6.54 Å². The van der Waals surface area contributed by atoms with Crippen LogP contribution in [0.25, 0.3) is 32.8 Å². The summed E-state index contributed by atoms with van der Waals surface area (Å²) in [5.41, 5.74) is 2.26. The SMILES string of the molecule is COc1ccc2ccc(=O)n(C3CCC(NCc4cc5c(=O)oc6ccc(F)cc6c5[nH]4)CC3)c2c1. The zero-order valence-electron chi connectivity index (χ0n) is 19.8. The van der Waals surface area contributed by atoms with Gasteiger partial charge in [0.25, 0.3) is 5.56 Å². The second-order valence-electron chi connectivity index (χ2n) is 9.47. The van der Waals surface area contributed by atoms with E-state index in [0.29, 0.717) is 34.5 Å². The molecule has 8 heteroatoms. The van der Waals surface area contributed by atoms with Crippen molar-refractivity contribution in [3.8, 4) is 5.75 Å². The van der Waals surface area contributed by atoms with Gasteiger partial charge in [0.15, 0.2) is 0 Å². The lowest BCUT2D eigenvalue weighted by molar-refractivity contribution is 0.290. The number of fused-ring (bicyclic) bond motifs is 4. The molecule has 184 valence electrons. The number of aromatic nitrogens is 2. The molecular formula is C28H26FN3O4. The Morgan fingerprint density at radius 1 is 1.03 bits per heavy atom. The first-order valence-corrected chi connectivity index (χ1v) is 12.2. The van der Waals surface area contributed by atoms with Crippen LogP contribution in [0.5, 0.6) is 5.75 Å². The molecule has 7 nitrogen and oxygen atoms in total. The van der Waals surface area contributed by atoms with Gasteiger partial charge in [-0.1, -0.05) is 0 Å². The molecule has 0 spiro atoms. The number of aromatic amines is 1. The van der Waals surface area contributed by atoms with Gasteiger partial charge in [0.1, 0.15) is 17.1 Å². The summed E-state index contributed by atoms with van der Waals surface area (Å²) < 4.78 is 26.4. The average Bonchev–Trinajstić information content (AvgIpc) is 3.33. The van der Waals surface area contributed by atoms with Crippen LogP contribution in [0, 0.1) is 5.82 Å². The second-order valence-corrected chi connectivity index (χ2v) is 9.47. The van der Waals surface area contributed by atoms with E-state index in [9.17, 15) is 14.0 Å². The molecule has 0 atom stereocenters. The van der Waals surface area contributed by atoms with Crippen molar-refractivity contribution in [1.29, 1.82) is 0 Å². The van der Waals surface area contributed by atoms with Gasteiger partial charge in [0.2, 0.25) is 0 Å². The highest BCUT2D eigenvalue weighted by Gasteiger charge is 2.24. The fourth-order valence-electron chi connectivity index (χ4n) is 5.45. The number of nitrogens with one attached hydrogen (secondary N) is 2. The van der Waals surface area contributed by atoms with E-state index in [-0.39, 0.29) is 17.4 Å². The topological polar surface area (TPSA) is 89.3 Å². The minimum atomic E-state index is -0.440. The summed E-state index contributed by atoms with van der Waals surface area (Å²) in [5.74, 6) is 0.354. The Labute approximate surface area is 205 Å². The summed E-state index contributed by atoms with van der Waals surface area (Å²) in [4.78, 5) is 28.5. The minimum Gasteiger partial charge on any atom is -0.497 e. The summed E-state index contributed by atoms with van der Waals surface area (Å²) in [7, 11) is 1.63. The first kappa shape index (κ1) is 22.5. The first-order valence-electron chi connectivity index (χ1n) is 12.2. The van der Waals surface area contributed by atoms with Crippen LogP contribution >= 0.6 is 0 Å². The quantitative estimate of drug-likeness (QED) is 0.340. The second kappa shape index (κ2) is 8.95. The molecule has 0 unspecified atom stereocenters. The third-order valence-electron chi connectivity index (χ3n) is 7.29. The lowest BCUT2D eigenvalue weighted by atomic mass is 9.90. The van der Waals surface area contributed by atoms with Crippen molar-refractivity contribution in [3.63, 3.8) is 0 Å². The molecule has 3 heterocycles. The molecule has 6 rings (SSSR count). The average molecular weight is 488 g/mol. The van der Waals surface area contributed by atoms with Gasteiger partial charge in [-0.05, 0) is 73.5 Å². The van der Waals surface area contributed by atoms with Crippen molar-refractivity contribution in [2.24, 2.45) is 0 Å². The molecule has 0 saturated heterocycles. The number of halogens is 1. The maximum absolute atomic E-state index is 13.8. The monoisotopic (exact) mass is 487 g/mol. The van der Waals surface area contributed by atoms with Gasteiger partial charge in [-0.25, -0.2) is 9.18 Å². The molecule has 1 aliphatic carbocycles. The maximum atomic E-state index is 13.8. The van der Waals surface area contributed by atoms with Crippen LogP contribution in [-0.4, -0.2) is 22.7 Å². The molecule has 0 amide bonds. The Kier molecular flexibility index (Phi) is 5.60. The fraction of sp³-hybridized carbons (Fsp3) is 0.286. The van der Waals surface area contributed by atoms with E-state index in [1.165, 1.54) is 18.2 Å². The number of methoxy groups -OCH3 is 1. The number of nitrogens with zero attached hydrogens (tertiary/aromatic N) is 1. The van der Waals surface area contributed by atoms with Crippen LogP contribution in [0.15, 0.2) is 68.6 Å². The molecule has 3 aromatic heterocycles. The van der Waals surface area contributed by atoms with Gasteiger partial charge >= 0.3 is 5.63 Å². The highest BCUT2D eigenvalue weighted by atomic mass is 19.1. The molecule has 36 heavy (non-hydrogen) atoms. The first-order chi connectivity index (χ1) is 17.5. The van der Waals surface area contributed by atoms with E-state index in [0.717, 1.165) is 48.0 Å². The molecule has 2 aromatic carbocycles. The molecule has 0 radical (unpaired) electrons. The Hall–Kier alpha value is -3.91. The zero-order chi connectivity index (χ0) is 24.8. The molecule has 2 N–H and O–H groups in total. The van der Waals surface area contributed by atoms with E-state index in [2.05, 4.69) is 10.3 Å². The smallest absolute Gasteiger partial charge is 0.345 e. The largest absolute Gasteiger partial charge is 0.497 e. The van der Waals surface area contributed by atoms with Crippen LogP contribution in [0.4, 0.5) is 4.39 Å². The molecule has 5 aromatic rings. The maximum Gasteiger partial charge on any atom is 0.345 e. The van der Waals surface area contributed by atoms with E-state index in [1.807, 2.05) is 28.8 Å². The number of hydrogen-bond acceptors (Lipinski definition) is 5. The zero-order valence-corrected chi connectivity index (χ0v) is 19.8. The Morgan fingerprint density at radius 2 is 1.83 bits per heavy atom. The number of ether oxygens (including phenoxy) is 1. The third-order valence-corrected chi connectivity index (χ3v) is 7.29.